The number of rotatable bonds is 4. The molecule has 0 heterocycles. The highest BCUT2D eigenvalue weighted by Gasteiger charge is 2.33. The maximum absolute atomic E-state index is 12.6. The molecule has 0 spiro atoms. The van der Waals surface area contributed by atoms with Crippen LogP contribution in [0.5, 0.6) is 11.5 Å². The van der Waals surface area contributed by atoms with E-state index < -0.39 is 31.0 Å². The van der Waals surface area contributed by atoms with Crippen molar-refractivity contribution in [1.82, 2.24) is 0 Å². The van der Waals surface area contributed by atoms with E-state index in [2.05, 4.69) is 9.47 Å². The lowest BCUT2D eigenvalue weighted by Crippen LogP contribution is -2.36. The van der Waals surface area contributed by atoms with Crippen LogP contribution in [0.2, 0.25) is 0 Å². The third kappa shape index (κ3) is 4.04. The molecular formula is C9H8BF6O2-. The van der Waals surface area contributed by atoms with Gasteiger partial charge >= 0.3 is 13.2 Å². The summed E-state index contributed by atoms with van der Waals surface area (Å²) in [5.41, 5.74) is -1.25. The van der Waals surface area contributed by atoms with Crippen LogP contribution in [0.4, 0.5) is 26.1 Å². The molecule has 0 atom stereocenters. The minimum absolute atomic E-state index is 0.108. The Balaban J connectivity index is 3.03. The molecule has 0 aromatic heterocycles. The average Bonchev–Trinajstić information content (AvgIpc) is 2.24. The van der Waals surface area contributed by atoms with Gasteiger partial charge in [0.25, 0.3) is 0 Å². The summed E-state index contributed by atoms with van der Waals surface area (Å²) < 4.78 is 82.3. The zero-order valence-corrected chi connectivity index (χ0v) is 9.10. The van der Waals surface area contributed by atoms with E-state index in [1.807, 2.05) is 0 Å². The Hall–Kier alpha value is -1.54. The number of hydrogen-bond donors (Lipinski definition) is 0. The lowest BCUT2D eigenvalue weighted by molar-refractivity contribution is -0.153. The molecule has 0 aliphatic rings. The number of hydrogen-bond acceptors (Lipinski definition) is 2. The first-order valence-corrected chi connectivity index (χ1v) is 4.71. The van der Waals surface area contributed by atoms with Crippen molar-refractivity contribution in [3.63, 3.8) is 0 Å². The first-order chi connectivity index (χ1) is 8.13. The van der Waals surface area contributed by atoms with Crippen LogP contribution in [0, 0.1) is 0 Å². The van der Waals surface area contributed by atoms with Crippen LogP contribution in [0.3, 0.4) is 0 Å². The molecular weight excluding hydrogens is 265 g/mol. The molecule has 0 saturated carbocycles. The average molecular weight is 273 g/mol. The van der Waals surface area contributed by atoms with E-state index in [0.717, 1.165) is 19.2 Å². The quantitative estimate of drug-likeness (QED) is 0.620. The molecule has 0 aliphatic heterocycles. The zero-order chi connectivity index (χ0) is 14.0. The van der Waals surface area contributed by atoms with Crippen molar-refractivity contribution >= 4 is 12.4 Å². The van der Waals surface area contributed by atoms with Gasteiger partial charge in [0.2, 0.25) is 0 Å². The molecule has 18 heavy (non-hydrogen) atoms. The second-order valence-electron chi connectivity index (χ2n) is 3.38. The highest BCUT2D eigenvalue weighted by Crippen LogP contribution is 2.24. The van der Waals surface area contributed by atoms with Crippen molar-refractivity contribution in [2.45, 2.75) is 6.18 Å². The first kappa shape index (κ1) is 14.5. The number of ether oxygens (including phenoxy) is 2. The largest absolute Gasteiger partial charge is 0.513 e. The van der Waals surface area contributed by atoms with E-state index in [1.165, 1.54) is 0 Å². The minimum atomic E-state index is -5.49. The monoisotopic (exact) mass is 273 g/mol. The summed E-state index contributed by atoms with van der Waals surface area (Å²) >= 11 is 0. The van der Waals surface area contributed by atoms with Crippen LogP contribution in [0.25, 0.3) is 0 Å². The standard InChI is InChI=1S/C9H8BF6O2/c1-17-6-2-3-8(18-5-9(11,12)13)7(4-6)10(14,15)16/h2-4H,5H2,1H3/q-1. The van der Waals surface area contributed by atoms with Crippen molar-refractivity contribution in [3.8, 4) is 11.5 Å². The second kappa shape index (κ2) is 4.99. The summed E-state index contributed by atoms with van der Waals surface area (Å²) in [5.74, 6) is -0.968. The third-order valence-corrected chi connectivity index (χ3v) is 1.96. The molecule has 102 valence electrons. The highest BCUT2D eigenvalue weighted by molar-refractivity contribution is 6.74. The fraction of sp³-hybridized carbons (Fsp3) is 0.333. The summed E-state index contributed by atoms with van der Waals surface area (Å²) in [6.07, 6.45) is -4.70. The van der Waals surface area contributed by atoms with Crippen LogP contribution in [-0.4, -0.2) is 26.9 Å². The van der Waals surface area contributed by atoms with Crippen molar-refractivity contribution in [3.05, 3.63) is 18.2 Å². The smallest absolute Gasteiger partial charge is 0.497 e. The van der Waals surface area contributed by atoms with E-state index in [0.29, 0.717) is 6.07 Å². The molecule has 0 fully saturated rings. The Morgan fingerprint density at radius 2 is 1.78 bits per heavy atom. The predicted molar refractivity (Wildman–Crippen MR) is 53.3 cm³/mol. The van der Waals surface area contributed by atoms with Gasteiger partial charge in [0, 0.05) is 0 Å². The fourth-order valence-corrected chi connectivity index (χ4v) is 1.20. The highest BCUT2D eigenvalue weighted by atomic mass is 19.4. The molecule has 2 nitrogen and oxygen atoms in total. The van der Waals surface area contributed by atoms with Crippen LogP contribution in [0.1, 0.15) is 0 Å². The van der Waals surface area contributed by atoms with Crippen LogP contribution < -0.4 is 14.9 Å². The Kier molecular flexibility index (Phi) is 4.03. The summed E-state index contributed by atoms with van der Waals surface area (Å²) in [7, 11) is 1.15. The van der Waals surface area contributed by atoms with Gasteiger partial charge in [0.1, 0.15) is 5.75 Å². The molecule has 0 N–H and O–H groups in total. The molecule has 9 heteroatoms. The van der Waals surface area contributed by atoms with Gasteiger partial charge in [-0.05, 0) is 18.2 Å². The maximum atomic E-state index is 12.6. The van der Waals surface area contributed by atoms with Gasteiger partial charge in [-0.25, -0.2) is 0 Å². The predicted octanol–water partition coefficient (Wildman–Crippen LogP) is 2.69. The van der Waals surface area contributed by atoms with Crippen LogP contribution in [-0.2, 0) is 0 Å². The van der Waals surface area contributed by atoms with Gasteiger partial charge in [0.05, 0.1) is 12.9 Å². The van der Waals surface area contributed by atoms with Gasteiger partial charge in [-0.1, -0.05) is 5.46 Å². The molecule has 0 bridgehead atoms. The molecule has 1 aromatic carbocycles. The molecule has 0 unspecified atom stereocenters. The minimum Gasteiger partial charge on any atom is -0.497 e. The number of benzene rings is 1. The van der Waals surface area contributed by atoms with Crippen molar-refractivity contribution in [1.29, 1.82) is 0 Å². The van der Waals surface area contributed by atoms with Gasteiger partial charge in [-0.15, -0.1) is 0 Å². The lowest BCUT2D eigenvalue weighted by atomic mass is 9.79. The van der Waals surface area contributed by atoms with Crippen molar-refractivity contribution in [2.24, 2.45) is 0 Å². The normalized spacial score (nSPS) is 12.4. The van der Waals surface area contributed by atoms with E-state index in [-0.39, 0.29) is 5.75 Å². The van der Waals surface area contributed by atoms with E-state index in [9.17, 15) is 26.1 Å². The summed E-state index contributed by atoms with van der Waals surface area (Å²) in [5, 5.41) is 0. The molecule has 0 aliphatic carbocycles. The molecule has 0 saturated heterocycles. The van der Waals surface area contributed by atoms with Crippen LogP contribution >= 0.6 is 0 Å². The third-order valence-electron chi connectivity index (χ3n) is 1.96. The summed E-state index contributed by atoms with van der Waals surface area (Å²) in [6, 6.07) is 2.50. The Labute approximate surface area is 98.6 Å². The van der Waals surface area contributed by atoms with Crippen molar-refractivity contribution in [2.75, 3.05) is 13.7 Å². The molecule has 0 radical (unpaired) electrons. The summed E-state index contributed by atoms with van der Waals surface area (Å²) in [6.45, 7) is -7.26. The Morgan fingerprint density at radius 1 is 1.17 bits per heavy atom. The maximum Gasteiger partial charge on any atom is 0.513 e. The fourth-order valence-electron chi connectivity index (χ4n) is 1.20. The molecule has 0 amide bonds. The van der Waals surface area contributed by atoms with E-state index in [4.69, 9.17) is 0 Å². The lowest BCUT2D eigenvalue weighted by Gasteiger charge is -2.21. The van der Waals surface area contributed by atoms with Gasteiger partial charge < -0.3 is 22.4 Å². The van der Waals surface area contributed by atoms with Crippen molar-refractivity contribution < 1.29 is 35.6 Å². The molecule has 1 aromatic rings. The Bertz CT molecular complexity index is 414. The van der Waals surface area contributed by atoms with Gasteiger partial charge in [0.15, 0.2) is 6.61 Å². The van der Waals surface area contributed by atoms with Crippen LogP contribution in [0.15, 0.2) is 18.2 Å². The van der Waals surface area contributed by atoms with E-state index in [1.54, 1.807) is 0 Å². The van der Waals surface area contributed by atoms with Gasteiger partial charge in [-0.2, -0.15) is 13.2 Å². The number of alkyl halides is 3. The van der Waals surface area contributed by atoms with E-state index >= 15 is 0 Å². The zero-order valence-electron chi connectivity index (χ0n) is 9.10. The Morgan fingerprint density at radius 3 is 2.22 bits per heavy atom. The molecule has 1 rings (SSSR count). The SMILES string of the molecule is COc1ccc(OCC(F)(F)F)c([B-](F)(F)F)c1. The number of halogens is 6. The summed E-state index contributed by atoms with van der Waals surface area (Å²) in [4.78, 5) is 0. The second-order valence-corrected chi connectivity index (χ2v) is 3.38. The topological polar surface area (TPSA) is 18.5 Å². The van der Waals surface area contributed by atoms with Gasteiger partial charge in [-0.3, -0.25) is 0 Å². The first-order valence-electron chi connectivity index (χ1n) is 4.71. The number of methoxy groups -OCH3 is 1.